The third-order valence-corrected chi connectivity index (χ3v) is 1.38. The lowest BCUT2D eigenvalue weighted by atomic mass is 10.1. The van der Waals surface area contributed by atoms with E-state index in [2.05, 4.69) is 24.5 Å². The van der Waals surface area contributed by atoms with Gasteiger partial charge >= 0.3 is 6.16 Å². The van der Waals surface area contributed by atoms with Gasteiger partial charge in [-0.25, -0.2) is 4.79 Å². The second kappa shape index (κ2) is 7.48. The summed E-state index contributed by atoms with van der Waals surface area (Å²) in [6.07, 6.45) is 5.62. The van der Waals surface area contributed by atoms with Crippen LogP contribution in [0.5, 0.6) is 0 Å². The fourth-order valence-corrected chi connectivity index (χ4v) is 0.613. The Morgan fingerprint density at radius 2 is 2.00 bits per heavy atom. The van der Waals surface area contributed by atoms with Crippen LogP contribution in [0.1, 0.15) is 26.7 Å². The van der Waals surface area contributed by atoms with Crippen molar-refractivity contribution in [2.24, 2.45) is 5.92 Å². The summed E-state index contributed by atoms with van der Waals surface area (Å²) in [6.45, 7) is 4.77. The average Bonchev–Trinajstić information content (AvgIpc) is 2.04. The quantitative estimate of drug-likeness (QED) is 0.373. The number of hydrogen-bond donors (Lipinski definition) is 0. The first kappa shape index (κ1) is 11.8. The van der Waals surface area contributed by atoms with E-state index in [1.165, 1.54) is 0 Å². The second-order valence-electron chi connectivity index (χ2n) is 3.08. The van der Waals surface area contributed by atoms with E-state index in [0.717, 1.165) is 6.42 Å². The van der Waals surface area contributed by atoms with Crippen molar-refractivity contribution < 1.29 is 14.3 Å². The Labute approximate surface area is 79.4 Å². The Balaban J connectivity index is 3.26. The number of carbonyl (C=O) groups is 1. The molecule has 0 aliphatic carbocycles. The van der Waals surface area contributed by atoms with Crippen molar-refractivity contribution in [2.45, 2.75) is 26.7 Å². The van der Waals surface area contributed by atoms with Crippen LogP contribution in [0.4, 0.5) is 4.79 Å². The molecule has 0 aromatic carbocycles. The molecule has 0 aliphatic heterocycles. The predicted octanol–water partition coefficient (Wildman–Crippen LogP) is 2.21. The first-order valence-electron chi connectivity index (χ1n) is 4.39. The highest BCUT2D eigenvalue weighted by Gasteiger charge is 2.02. The Morgan fingerprint density at radius 3 is 2.54 bits per heavy atom. The van der Waals surface area contributed by atoms with Gasteiger partial charge in [-0.3, -0.25) is 0 Å². The standard InChI is InChI=1S/C10H16O3/c1-4-5-7-12-10(11)13-8-6-9(2)3/h1,9H,5-8H2,2-3H3. The van der Waals surface area contributed by atoms with Gasteiger partial charge in [-0.05, 0) is 12.3 Å². The molecule has 0 atom stereocenters. The molecule has 0 unspecified atom stereocenters. The lowest BCUT2D eigenvalue weighted by molar-refractivity contribution is 0.0539. The summed E-state index contributed by atoms with van der Waals surface area (Å²) in [7, 11) is 0. The molecule has 0 bridgehead atoms. The SMILES string of the molecule is C#CCCOC(=O)OCCC(C)C. The maximum atomic E-state index is 10.8. The highest BCUT2D eigenvalue weighted by atomic mass is 16.7. The zero-order chi connectivity index (χ0) is 10.1. The van der Waals surface area contributed by atoms with Crippen molar-refractivity contribution in [3.63, 3.8) is 0 Å². The molecule has 0 saturated carbocycles. The third kappa shape index (κ3) is 8.74. The minimum Gasteiger partial charge on any atom is -0.434 e. The van der Waals surface area contributed by atoms with Crippen LogP contribution in [0.2, 0.25) is 0 Å². The fraction of sp³-hybridized carbons (Fsp3) is 0.700. The molecule has 0 saturated heterocycles. The van der Waals surface area contributed by atoms with Gasteiger partial charge < -0.3 is 9.47 Å². The van der Waals surface area contributed by atoms with Crippen molar-refractivity contribution in [3.05, 3.63) is 0 Å². The van der Waals surface area contributed by atoms with Crippen LogP contribution < -0.4 is 0 Å². The summed E-state index contributed by atoms with van der Waals surface area (Å²) in [5.74, 6) is 2.89. The van der Waals surface area contributed by atoms with Crippen LogP contribution in [0, 0.1) is 18.3 Å². The van der Waals surface area contributed by atoms with Crippen molar-refractivity contribution in [1.29, 1.82) is 0 Å². The molecule has 0 rings (SSSR count). The maximum Gasteiger partial charge on any atom is 0.508 e. The van der Waals surface area contributed by atoms with Gasteiger partial charge in [-0.1, -0.05) is 13.8 Å². The topological polar surface area (TPSA) is 35.5 Å². The molecular weight excluding hydrogens is 168 g/mol. The number of terminal acetylenes is 1. The van der Waals surface area contributed by atoms with Gasteiger partial charge in [0.25, 0.3) is 0 Å². The minimum atomic E-state index is -0.629. The molecule has 0 fully saturated rings. The highest BCUT2D eigenvalue weighted by molar-refractivity contribution is 5.59. The Bertz CT molecular complexity index is 179. The van der Waals surface area contributed by atoms with E-state index in [1.807, 2.05) is 0 Å². The number of carbonyl (C=O) groups excluding carboxylic acids is 1. The van der Waals surface area contributed by atoms with Gasteiger partial charge in [-0.15, -0.1) is 12.3 Å². The van der Waals surface area contributed by atoms with Crippen molar-refractivity contribution in [1.82, 2.24) is 0 Å². The molecule has 0 aromatic heterocycles. The Hall–Kier alpha value is -1.17. The van der Waals surface area contributed by atoms with E-state index in [1.54, 1.807) is 0 Å². The van der Waals surface area contributed by atoms with E-state index in [-0.39, 0.29) is 6.61 Å². The summed E-state index contributed by atoms with van der Waals surface area (Å²) in [5, 5.41) is 0. The molecular formula is C10H16O3. The zero-order valence-electron chi connectivity index (χ0n) is 8.21. The summed E-state index contributed by atoms with van der Waals surface area (Å²) >= 11 is 0. The lowest BCUT2D eigenvalue weighted by Crippen LogP contribution is -2.10. The second-order valence-corrected chi connectivity index (χ2v) is 3.08. The molecule has 13 heavy (non-hydrogen) atoms. The van der Waals surface area contributed by atoms with E-state index in [9.17, 15) is 4.79 Å². The number of hydrogen-bond acceptors (Lipinski definition) is 3. The van der Waals surface area contributed by atoms with Crippen LogP contribution >= 0.6 is 0 Å². The van der Waals surface area contributed by atoms with Gasteiger partial charge in [0.2, 0.25) is 0 Å². The molecule has 0 N–H and O–H groups in total. The van der Waals surface area contributed by atoms with Gasteiger partial charge in [0.15, 0.2) is 0 Å². The van der Waals surface area contributed by atoms with Gasteiger partial charge in [-0.2, -0.15) is 0 Å². The Kier molecular flexibility index (Phi) is 6.80. The molecule has 0 heterocycles. The van der Waals surface area contributed by atoms with Crippen LogP contribution in [0.3, 0.4) is 0 Å². The van der Waals surface area contributed by atoms with Crippen LogP contribution in [-0.4, -0.2) is 19.4 Å². The van der Waals surface area contributed by atoms with E-state index >= 15 is 0 Å². The van der Waals surface area contributed by atoms with Gasteiger partial charge in [0, 0.05) is 6.42 Å². The van der Waals surface area contributed by atoms with E-state index < -0.39 is 6.16 Å². The third-order valence-electron chi connectivity index (χ3n) is 1.38. The molecule has 74 valence electrons. The normalized spacial score (nSPS) is 9.38. The summed E-state index contributed by atoms with van der Waals surface area (Å²) in [5.41, 5.74) is 0. The van der Waals surface area contributed by atoms with Crippen molar-refractivity contribution in [3.8, 4) is 12.3 Å². The average molecular weight is 184 g/mol. The molecule has 0 aromatic rings. The fourth-order valence-electron chi connectivity index (χ4n) is 0.613. The number of rotatable bonds is 5. The smallest absolute Gasteiger partial charge is 0.434 e. The van der Waals surface area contributed by atoms with Gasteiger partial charge in [0.1, 0.15) is 6.61 Å². The molecule has 0 amide bonds. The molecule has 0 spiro atoms. The van der Waals surface area contributed by atoms with Crippen molar-refractivity contribution >= 4 is 6.16 Å². The van der Waals surface area contributed by atoms with Crippen LogP contribution in [0.25, 0.3) is 0 Å². The molecule has 3 nitrogen and oxygen atoms in total. The van der Waals surface area contributed by atoms with Crippen molar-refractivity contribution in [2.75, 3.05) is 13.2 Å². The maximum absolute atomic E-state index is 10.8. The highest BCUT2D eigenvalue weighted by Crippen LogP contribution is 1.99. The monoisotopic (exact) mass is 184 g/mol. The first-order chi connectivity index (χ1) is 6.16. The zero-order valence-corrected chi connectivity index (χ0v) is 8.21. The summed E-state index contributed by atoms with van der Waals surface area (Å²) < 4.78 is 9.43. The molecule has 0 aliphatic rings. The molecule has 3 heteroatoms. The largest absolute Gasteiger partial charge is 0.508 e. The van der Waals surface area contributed by atoms with Crippen LogP contribution in [-0.2, 0) is 9.47 Å². The van der Waals surface area contributed by atoms with Gasteiger partial charge in [0.05, 0.1) is 6.61 Å². The summed E-state index contributed by atoms with van der Waals surface area (Å²) in [4.78, 5) is 10.8. The van der Waals surface area contributed by atoms with E-state index in [4.69, 9.17) is 11.2 Å². The predicted molar refractivity (Wildman–Crippen MR) is 50.2 cm³/mol. The lowest BCUT2D eigenvalue weighted by Gasteiger charge is -2.06. The summed E-state index contributed by atoms with van der Waals surface area (Å²) in [6, 6.07) is 0. The van der Waals surface area contributed by atoms with Crippen LogP contribution in [0.15, 0.2) is 0 Å². The van der Waals surface area contributed by atoms with E-state index in [0.29, 0.717) is 18.9 Å². The first-order valence-corrected chi connectivity index (χ1v) is 4.39. The molecule has 0 radical (unpaired) electrons. The Morgan fingerprint density at radius 1 is 1.38 bits per heavy atom. The minimum absolute atomic E-state index is 0.233. The number of ether oxygens (including phenoxy) is 2.